The van der Waals surface area contributed by atoms with E-state index in [-0.39, 0.29) is 18.1 Å². The third-order valence-corrected chi connectivity index (χ3v) is 3.33. The minimum atomic E-state index is -0.348. The number of aromatic nitrogens is 4. The Morgan fingerprint density at radius 2 is 2.35 bits per heavy atom. The maximum atomic E-state index is 12.1. The number of anilines is 1. The zero-order valence-electron chi connectivity index (χ0n) is 11.1. The second-order valence-electron chi connectivity index (χ2n) is 4.86. The van der Waals surface area contributed by atoms with Crippen LogP contribution in [0, 0.1) is 6.92 Å². The summed E-state index contributed by atoms with van der Waals surface area (Å²) in [5, 5.41) is 10.5. The van der Waals surface area contributed by atoms with E-state index < -0.39 is 0 Å². The van der Waals surface area contributed by atoms with Gasteiger partial charge in [-0.25, -0.2) is 9.48 Å². The Hall–Kier alpha value is -2.38. The molecular formula is C12H15N5O3. The second-order valence-corrected chi connectivity index (χ2v) is 4.86. The van der Waals surface area contributed by atoms with Gasteiger partial charge in [-0.15, -0.1) is 0 Å². The molecule has 2 aromatic rings. The molecule has 0 aliphatic carbocycles. The van der Waals surface area contributed by atoms with E-state index in [2.05, 4.69) is 15.6 Å². The van der Waals surface area contributed by atoms with Gasteiger partial charge in [0.2, 0.25) is 5.91 Å². The lowest BCUT2D eigenvalue weighted by Crippen LogP contribution is -2.31. The van der Waals surface area contributed by atoms with Crippen molar-refractivity contribution >= 4 is 11.7 Å². The van der Waals surface area contributed by atoms with Gasteiger partial charge in [-0.2, -0.15) is 5.10 Å². The van der Waals surface area contributed by atoms with Crippen LogP contribution in [0.1, 0.15) is 24.2 Å². The van der Waals surface area contributed by atoms with Crippen LogP contribution in [0.4, 0.5) is 5.82 Å². The molecule has 1 N–H and O–H groups in total. The molecule has 0 radical (unpaired) electrons. The Labute approximate surface area is 114 Å². The number of hydrogen-bond acceptors (Lipinski definition) is 5. The molecule has 1 amide bonds. The number of aryl methyl sites for hydroxylation is 2. The smallest absolute Gasteiger partial charge is 0.346 e. The Balaban J connectivity index is 1.75. The van der Waals surface area contributed by atoms with Gasteiger partial charge in [0.05, 0.1) is 0 Å². The Kier molecular flexibility index (Phi) is 3.13. The van der Waals surface area contributed by atoms with Crippen molar-refractivity contribution in [3.05, 3.63) is 28.1 Å². The summed E-state index contributed by atoms with van der Waals surface area (Å²) in [6.07, 6.45) is 4.23. The molecule has 0 unspecified atom stereocenters. The highest BCUT2D eigenvalue weighted by molar-refractivity contribution is 5.89. The minimum absolute atomic E-state index is 0.120. The highest BCUT2D eigenvalue weighted by Gasteiger charge is 2.18. The molecule has 0 saturated heterocycles. The molecule has 0 fully saturated rings. The summed E-state index contributed by atoms with van der Waals surface area (Å²) in [6.45, 7) is 2.33. The van der Waals surface area contributed by atoms with Crippen molar-refractivity contribution in [1.82, 2.24) is 19.5 Å². The first-order valence-corrected chi connectivity index (χ1v) is 6.52. The van der Waals surface area contributed by atoms with Gasteiger partial charge in [0, 0.05) is 18.5 Å². The first-order chi connectivity index (χ1) is 9.65. The predicted molar refractivity (Wildman–Crippen MR) is 69.3 cm³/mol. The Morgan fingerprint density at radius 3 is 3.05 bits per heavy atom. The Morgan fingerprint density at radius 1 is 1.50 bits per heavy atom. The zero-order chi connectivity index (χ0) is 14.1. The monoisotopic (exact) mass is 277 g/mol. The van der Waals surface area contributed by atoms with E-state index in [0.29, 0.717) is 12.4 Å². The molecule has 20 heavy (non-hydrogen) atoms. The van der Waals surface area contributed by atoms with Crippen molar-refractivity contribution in [3.8, 4) is 0 Å². The summed E-state index contributed by atoms with van der Waals surface area (Å²) in [6, 6.07) is 0. The third-order valence-electron chi connectivity index (χ3n) is 3.33. The fourth-order valence-electron chi connectivity index (χ4n) is 2.27. The highest BCUT2D eigenvalue weighted by Crippen LogP contribution is 2.11. The van der Waals surface area contributed by atoms with Gasteiger partial charge in [-0.05, 0) is 19.8 Å². The molecule has 3 heterocycles. The topological polar surface area (TPSA) is 94.9 Å². The summed E-state index contributed by atoms with van der Waals surface area (Å²) in [5.74, 6) is 0.776. The third kappa shape index (κ3) is 2.24. The molecule has 0 spiro atoms. The van der Waals surface area contributed by atoms with Crippen LogP contribution >= 0.6 is 0 Å². The molecule has 0 atom stereocenters. The molecule has 1 aliphatic heterocycles. The number of nitrogens with zero attached hydrogens (tertiary/aromatic N) is 4. The van der Waals surface area contributed by atoms with Crippen molar-refractivity contribution in [2.45, 2.75) is 39.3 Å². The molecule has 0 aromatic carbocycles. The standard InChI is InChI=1S/C12H15N5O3/c1-8-7-20-15-11(8)13-10(18)6-17-12(19)16-5-3-2-4-9(16)14-17/h7H,2-6H2,1H3,(H,13,15,18). The van der Waals surface area contributed by atoms with Crippen LogP contribution in [-0.2, 0) is 24.3 Å². The maximum Gasteiger partial charge on any atom is 0.346 e. The molecule has 0 bridgehead atoms. The van der Waals surface area contributed by atoms with Crippen molar-refractivity contribution in [2.24, 2.45) is 0 Å². The van der Waals surface area contributed by atoms with Crippen LogP contribution in [0.25, 0.3) is 0 Å². The van der Waals surface area contributed by atoms with Crippen molar-refractivity contribution < 1.29 is 9.32 Å². The molecule has 3 rings (SSSR count). The van der Waals surface area contributed by atoms with Gasteiger partial charge in [0.1, 0.15) is 18.6 Å². The van der Waals surface area contributed by atoms with Gasteiger partial charge in [0.25, 0.3) is 0 Å². The van der Waals surface area contributed by atoms with Crippen LogP contribution in [-0.4, -0.2) is 25.4 Å². The van der Waals surface area contributed by atoms with E-state index in [0.717, 1.165) is 30.7 Å². The summed E-state index contributed by atoms with van der Waals surface area (Å²) in [7, 11) is 0. The van der Waals surface area contributed by atoms with Crippen LogP contribution in [0.5, 0.6) is 0 Å². The fraction of sp³-hybridized carbons (Fsp3) is 0.500. The average molecular weight is 277 g/mol. The maximum absolute atomic E-state index is 12.1. The molecule has 106 valence electrons. The second kappa shape index (κ2) is 4.95. The first kappa shape index (κ1) is 12.6. The van der Waals surface area contributed by atoms with E-state index in [1.165, 1.54) is 10.9 Å². The highest BCUT2D eigenvalue weighted by atomic mass is 16.5. The van der Waals surface area contributed by atoms with Gasteiger partial charge in [-0.3, -0.25) is 9.36 Å². The van der Waals surface area contributed by atoms with Gasteiger partial charge in [0.15, 0.2) is 5.82 Å². The van der Waals surface area contributed by atoms with E-state index in [1.54, 1.807) is 11.5 Å². The van der Waals surface area contributed by atoms with Crippen molar-refractivity contribution in [1.29, 1.82) is 0 Å². The molecule has 2 aromatic heterocycles. The molecule has 8 nitrogen and oxygen atoms in total. The zero-order valence-corrected chi connectivity index (χ0v) is 11.1. The predicted octanol–water partition coefficient (Wildman–Crippen LogP) is 0.316. The lowest BCUT2D eigenvalue weighted by atomic mass is 10.2. The van der Waals surface area contributed by atoms with Gasteiger partial charge >= 0.3 is 5.69 Å². The molecule has 8 heteroatoms. The van der Waals surface area contributed by atoms with Crippen LogP contribution in [0.3, 0.4) is 0 Å². The van der Waals surface area contributed by atoms with E-state index in [4.69, 9.17) is 4.52 Å². The fourth-order valence-corrected chi connectivity index (χ4v) is 2.27. The number of hydrogen-bond donors (Lipinski definition) is 1. The average Bonchev–Trinajstić information content (AvgIpc) is 2.96. The van der Waals surface area contributed by atoms with Crippen molar-refractivity contribution in [3.63, 3.8) is 0 Å². The SMILES string of the molecule is Cc1conc1NC(=O)Cn1nc2n(c1=O)CCCC2. The van der Waals surface area contributed by atoms with E-state index >= 15 is 0 Å². The minimum Gasteiger partial charge on any atom is -0.362 e. The summed E-state index contributed by atoms with van der Waals surface area (Å²) in [5.41, 5.74) is 0.501. The van der Waals surface area contributed by atoms with Gasteiger partial charge < -0.3 is 9.84 Å². The lowest BCUT2D eigenvalue weighted by molar-refractivity contribution is -0.117. The van der Waals surface area contributed by atoms with Crippen molar-refractivity contribution in [2.75, 3.05) is 5.32 Å². The number of rotatable bonds is 3. The van der Waals surface area contributed by atoms with E-state index in [1.807, 2.05) is 0 Å². The number of amides is 1. The molecule has 1 aliphatic rings. The number of nitrogens with one attached hydrogen (secondary N) is 1. The number of fused-ring (bicyclic) bond motifs is 1. The molecule has 0 saturated carbocycles. The van der Waals surface area contributed by atoms with Gasteiger partial charge in [-0.1, -0.05) is 5.16 Å². The summed E-state index contributed by atoms with van der Waals surface area (Å²) >= 11 is 0. The van der Waals surface area contributed by atoms with Crippen LogP contribution in [0.15, 0.2) is 15.6 Å². The largest absolute Gasteiger partial charge is 0.362 e. The van der Waals surface area contributed by atoms with Crippen LogP contribution in [0.2, 0.25) is 0 Å². The number of carbonyl (C=O) groups excluding carboxylic acids is 1. The first-order valence-electron chi connectivity index (χ1n) is 6.52. The normalized spacial score (nSPS) is 14.1. The van der Waals surface area contributed by atoms with E-state index in [9.17, 15) is 9.59 Å². The molecular weight excluding hydrogens is 262 g/mol. The lowest BCUT2D eigenvalue weighted by Gasteiger charge is -2.09. The number of carbonyl (C=O) groups is 1. The summed E-state index contributed by atoms with van der Waals surface area (Å²) < 4.78 is 7.57. The quantitative estimate of drug-likeness (QED) is 0.871. The Bertz CT molecular complexity index is 696. The van der Waals surface area contributed by atoms with Crippen LogP contribution < -0.4 is 11.0 Å². The summed E-state index contributed by atoms with van der Waals surface area (Å²) in [4.78, 5) is 24.0.